The van der Waals surface area contributed by atoms with Crippen LogP contribution in [0.3, 0.4) is 0 Å². The van der Waals surface area contributed by atoms with Gasteiger partial charge >= 0.3 is 0 Å². The Morgan fingerprint density at radius 2 is 1.88 bits per heavy atom. The highest BCUT2D eigenvalue weighted by Crippen LogP contribution is 2.24. The monoisotopic (exact) mass is 225 g/mol. The molecule has 16 heavy (non-hydrogen) atoms. The van der Waals surface area contributed by atoms with Crippen molar-refractivity contribution in [1.29, 1.82) is 0 Å². The van der Waals surface area contributed by atoms with Crippen molar-refractivity contribution >= 4 is 5.78 Å². The second-order valence-corrected chi connectivity index (χ2v) is 5.61. The van der Waals surface area contributed by atoms with Crippen LogP contribution in [-0.2, 0) is 4.79 Å². The van der Waals surface area contributed by atoms with E-state index in [-0.39, 0.29) is 0 Å². The number of rotatable bonds is 7. The van der Waals surface area contributed by atoms with Crippen molar-refractivity contribution in [2.75, 3.05) is 13.1 Å². The average molecular weight is 225 g/mol. The molecule has 0 bridgehead atoms. The molecule has 2 heteroatoms. The fourth-order valence-corrected chi connectivity index (χ4v) is 2.47. The molecular formula is C14H27NO. The quantitative estimate of drug-likeness (QED) is 0.663. The molecule has 1 fully saturated rings. The van der Waals surface area contributed by atoms with Crippen molar-refractivity contribution in [1.82, 2.24) is 4.90 Å². The Morgan fingerprint density at radius 3 is 2.38 bits per heavy atom. The molecule has 0 unspecified atom stereocenters. The molecule has 0 N–H and O–H groups in total. The first-order valence-corrected chi connectivity index (χ1v) is 6.83. The van der Waals surface area contributed by atoms with E-state index in [1.165, 1.54) is 38.6 Å². The summed E-state index contributed by atoms with van der Waals surface area (Å²) in [5, 5.41) is 0. The smallest absolute Gasteiger partial charge is 0.131 e. The first-order valence-electron chi connectivity index (χ1n) is 6.83. The number of nitrogens with zero attached hydrogens (tertiary/aromatic N) is 1. The lowest BCUT2D eigenvalue weighted by Crippen LogP contribution is -2.36. The van der Waals surface area contributed by atoms with Gasteiger partial charge in [-0.25, -0.2) is 0 Å². The number of carbonyl (C=O) groups is 1. The van der Waals surface area contributed by atoms with Crippen LogP contribution < -0.4 is 0 Å². The van der Waals surface area contributed by atoms with Gasteiger partial charge in [0.05, 0.1) is 0 Å². The third-order valence-electron chi connectivity index (χ3n) is 3.59. The number of Topliss-reactive ketones (excluding diaryl/α,β-unsaturated/α-hetero) is 1. The Labute approximate surface area is 100 Å². The summed E-state index contributed by atoms with van der Waals surface area (Å²) in [6, 6.07) is 0.762. The molecule has 94 valence electrons. The van der Waals surface area contributed by atoms with Crippen LogP contribution in [0.15, 0.2) is 0 Å². The summed E-state index contributed by atoms with van der Waals surface area (Å²) in [6.45, 7) is 8.41. The molecule has 0 aromatic rings. The summed E-state index contributed by atoms with van der Waals surface area (Å²) in [4.78, 5) is 13.6. The van der Waals surface area contributed by atoms with Gasteiger partial charge in [0.1, 0.15) is 5.78 Å². The van der Waals surface area contributed by atoms with Gasteiger partial charge in [0.2, 0.25) is 0 Å². The Kier molecular flexibility index (Phi) is 6.04. The minimum Gasteiger partial charge on any atom is -0.300 e. The molecule has 0 radical (unpaired) electrons. The van der Waals surface area contributed by atoms with Gasteiger partial charge in [-0.3, -0.25) is 9.69 Å². The minimum absolute atomic E-state index is 0.326. The summed E-state index contributed by atoms with van der Waals surface area (Å²) in [5.41, 5.74) is 0. The highest BCUT2D eigenvalue weighted by Gasteiger charge is 2.22. The molecule has 0 saturated heterocycles. The summed E-state index contributed by atoms with van der Waals surface area (Å²) in [5.74, 6) is 1.09. The fraction of sp³-hybridized carbons (Fsp3) is 0.929. The highest BCUT2D eigenvalue weighted by molar-refractivity contribution is 5.75. The SMILES string of the molecule is CC(=O)CCN(CCC(C)C)C1CCCC1. The molecule has 1 rings (SSSR count). The van der Waals surface area contributed by atoms with Gasteiger partial charge in [-0.15, -0.1) is 0 Å². The zero-order valence-electron chi connectivity index (χ0n) is 11.2. The third-order valence-corrected chi connectivity index (χ3v) is 3.59. The van der Waals surface area contributed by atoms with E-state index in [0.717, 1.165) is 24.9 Å². The zero-order chi connectivity index (χ0) is 12.0. The zero-order valence-corrected chi connectivity index (χ0v) is 11.2. The lowest BCUT2D eigenvalue weighted by molar-refractivity contribution is -0.117. The molecule has 0 heterocycles. The molecule has 1 saturated carbocycles. The largest absolute Gasteiger partial charge is 0.300 e. The average Bonchev–Trinajstić information content (AvgIpc) is 2.70. The van der Waals surface area contributed by atoms with Gasteiger partial charge in [-0.1, -0.05) is 26.7 Å². The van der Waals surface area contributed by atoms with Crippen molar-refractivity contribution in [2.45, 2.75) is 65.3 Å². The maximum Gasteiger partial charge on any atom is 0.131 e. The number of hydrogen-bond donors (Lipinski definition) is 0. The topological polar surface area (TPSA) is 20.3 Å². The molecule has 0 atom stereocenters. The first-order chi connectivity index (χ1) is 7.59. The third kappa shape index (κ3) is 5.11. The molecule has 2 nitrogen and oxygen atoms in total. The van der Waals surface area contributed by atoms with Crippen molar-refractivity contribution in [3.8, 4) is 0 Å². The van der Waals surface area contributed by atoms with Crippen LogP contribution in [0.4, 0.5) is 0 Å². The molecule has 1 aliphatic carbocycles. The van der Waals surface area contributed by atoms with Crippen LogP contribution in [0.25, 0.3) is 0 Å². The van der Waals surface area contributed by atoms with Crippen LogP contribution in [0.2, 0.25) is 0 Å². The van der Waals surface area contributed by atoms with E-state index in [9.17, 15) is 4.79 Å². The Hall–Kier alpha value is -0.370. The molecule has 0 aromatic heterocycles. The standard InChI is InChI=1S/C14H27NO/c1-12(2)8-10-15(11-9-13(3)16)14-6-4-5-7-14/h12,14H,4-11H2,1-3H3. The maximum absolute atomic E-state index is 11.1. The Morgan fingerprint density at radius 1 is 1.25 bits per heavy atom. The fourth-order valence-electron chi connectivity index (χ4n) is 2.47. The van der Waals surface area contributed by atoms with Crippen LogP contribution in [0.1, 0.15) is 59.3 Å². The molecular weight excluding hydrogens is 198 g/mol. The van der Waals surface area contributed by atoms with Crippen molar-refractivity contribution in [3.05, 3.63) is 0 Å². The molecule has 0 aliphatic heterocycles. The van der Waals surface area contributed by atoms with Crippen LogP contribution in [0, 0.1) is 5.92 Å². The van der Waals surface area contributed by atoms with Gasteiger partial charge in [0.25, 0.3) is 0 Å². The second-order valence-electron chi connectivity index (χ2n) is 5.61. The van der Waals surface area contributed by atoms with Crippen LogP contribution >= 0.6 is 0 Å². The summed E-state index contributed by atoms with van der Waals surface area (Å²) in [6.07, 6.45) is 7.43. The minimum atomic E-state index is 0.326. The van der Waals surface area contributed by atoms with E-state index in [4.69, 9.17) is 0 Å². The van der Waals surface area contributed by atoms with E-state index in [1.54, 1.807) is 6.92 Å². The van der Waals surface area contributed by atoms with Gasteiger partial charge in [-0.2, -0.15) is 0 Å². The lowest BCUT2D eigenvalue weighted by Gasteiger charge is -2.29. The van der Waals surface area contributed by atoms with Crippen LogP contribution in [0.5, 0.6) is 0 Å². The van der Waals surface area contributed by atoms with Gasteiger partial charge in [-0.05, 0) is 38.6 Å². The second kappa shape index (κ2) is 7.05. The van der Waals surface area contributed by atoms with Crippen LogP contribution in [-0.4, -0.2) is 29.8 Å². The summed E-state index contributed by atoms with van der Waals surface area (Å²) >= 11 is 0. The van der Waals surface area contributed by atoms with Crippen molar-refractivity contribution < 1.29 is 4.79 Å². The number of ketones is 1. The van der Waals surface area contributed by atoms with E-state index in [1.807, 2.05) is 0 Å². The van der Waals surface area contributed by atoms with Crippen molar-refractivity contribution in [2.24, 2.45) is 5.92 Å². The maximum atomic E-state index is 11.1. The normalized spacial score (nSPS) is 17.6. The first kappa shape index (κ1) is 13.7. The lowest BCUT2D eigenvalue weighted by atomic mass is 10.1. The van der Waals surface area contributed by atoms with E-state index >= 15 is 0 Å². The van der Waals surface area contributed by atoms with Gasteiger partial charge < -0.3 is 0 Å². The Bertz CT molecular complexity index is 207. The highest BCUT2D eigenvalue weighted by atomic mass is 16.1. The van der Waals surface area contributed by atoms with E-state index < -0.39 is 0 Å². The predicted molar refractivity (Wildman–Crippen MR) is 68.6 cm³/mol. The van der Waals surface area contributed by atoms with Gasteiger partial charge in [0.15, 0.2) is 0 Å². The van der Waals surface area contributed by atoms with E-state index in [0.29, 0.717) is 5.78 Å². The molecule has 1 aliphatic rings. The Balaban J connectivity index is 2.36. The van der Waals surface area contributed by atoms with Crippen molar-refractivity contribution in [3.63, 3.8) is 0 Å². The molecule has 0 aromatic carbocycles. The molecule has 0 spiro atoms. The molecule has 0 amide bonds. The number of carbonyl (C=O) groups excluding carboxylic acids is 1. The number of hydrogen-bond acceptors (Lipinski definition) is 2. The predicted octanol–water partition coefficient (Wildman–Crippen LogP) is 3.26. The summed E-state index contributed by atoms with van der Waals surface area (Å²) < 4.78 is 0. The summed E-state index contributed by atoms with van der Waals surface area (Å²) in [7, 11) is 0. The van der Waals surface area contributed by atoms with E-state index in [2.05, 4.69) is 18.7 Å². The van der Waals surface area contributed by atoms with Gasteiger partial charge in [0, 0.05) is 19.0 Å².